The third kappa shape index (κ3) is 3.08. The number of piperidine rings is 2. The van der Waals surface area contributed by atoms with Gasteiger partial charge in [-0.1, -0.05) is 19.3 Å². The van der Waals surface area contributed by atoms with Crippen molar-refractivity contribution in [3.05, 3.63) is 0 Å². The maximum atomic E-state index is 3.70. The summed E-state index contributed by atoms with van der Waals surface area (Å²) in [5.41, 5.74) is 0. The van der Waals surface area contributed by atoms with Crippen LogP contribution in [0.15, 0.2) is 0 Å². The molecule has 3 atom stereocenters. The van der Waals surface area contributed by atoms with Crippen LogP contribution in [-0.4, -0.2) is 36.6 Å². The Labute approximate surface area is 113 Å². The zero-order valence-corrected chi connectivity index (χ0v) is 11.9. The van der Waals surface area contributed by atoms with Gasteiger partial charge in [-0.05, 0) is 70.5 Å². The number of likely N-dealkylation sites (tertiary alicyclic amines) is 1. The Balaban J connectivity index is 1.48. The van der Waals surface area contributed by atoms with Gasteiger partial charge < -0.3 is 10.2 Å². The molecule has 104 valence electrons. The third-order valence-corrected chi connectivity index (χ3v) is 5.54. The maximum absolute atomic E-state index is 3.70. The van der Waals surface area contributed by atoms with E-state index in [0.717, 1.165) is 18.0 Å². The molecule has 1 saturated carbocycles. The third-order valence-electron chi connectivity index (χ3n) is 5.54. The van der Waals surface area contributed by atoms with Gasteiger partial charge in [-0.2, -0.15) is 0 Å². The van der Waals surface area contributed by atoms with Crippen molar-refractivity contribution in [1.29, 1.82) is 0 Å². The van der Waals surface area contributed by atoms with E-state index in [4.69, 9.17) is 0 Å². The molecule has 0 radical (unpaired) electrons. The molecule has 0 amide bonds. The van der Waals surface area contributed by atoms with Crippen LogP contribution in [0.4, 0.5) is 0 Å². The van der Waals surface area contributed by atoms with E-state index in [2.05, 4.69) is 10.2 Å². The molecule has 0 bridgehead atoms. The summed E-state index contributed by atoms with van der Waals surface area (Å²) in [6.07, 6.45) is 14.6. The Morgan fingerprint density at radius 2 is 1.72 bits per heavy atom. The summed E-state index contributed by atoms with van der Waals surface area (Å²) < 4.78 is 0. The minimum atomic E-state index is 0.822. The van der Waals surface area contributed by atoms with E-state index >= 15 is 0 Å². The van der Waals surface area contributed by atoms with Crippen molar-refractivity contribution in [2.24, 2.45) is 5.92 Å². The Morgan fingerprint density at radius 1 is 0.889 bits per heavy atom. The molecule has 3 fully saturated rings. The molecule has 2 aliphatic heterocycles. The molecule has 1 aliphatic carbocycles. The monoisotopic (exact) mass is 250 g/mol. The highest BCUT2D eigenvalue weighted by Gasteiger charge is 2.33. The van der Waals surface area contributed by atoms with Gasteiger partial charge in [0.2, 0.25) is 0 Å². The summed E-state index contributed by atoms with van der Waals surface area (Å²) in [5, 5.41) is 3.70. The predicted molar refractivity (Wildman–Crippen MR) is 76.8 cm³/mol. The minimum absolute atomic E-state index is 0.822. The number of nitrogens with zero attached hydrogens (tertiary/aromatic N) is 1. The number of hydrogen-bond donors (Lipinski definition) is 1. The van der Waals surface area contributed by atoms with Gasteiger partial charge >= 0.3 is 0 Å². The van der Waals surface area contributed by atoms with Crippen LogP contribution in [0.3, 0.4) is 0 Å². The van der Waals surface area contributed by atoms with Crippen LogP contribution in [0.25, 0.3) is 0 Å². The average Bonchev–Trinajstić information content (AvgIpc) is 2.46. The van der Waals surface area contributed by atoms with Crippen molar-refractivity contribution in [3.63, 3.8) is 0 Å². The molecule has 2 heteroatoms. The lowest BCUT2D eigenvalue weighted by molar-refractivity contribution is 0.0569. The first-order chi connectivity index (χ1) is 8.93. The molecule has 2 heterocycles. The van der Waals surface area contributed by atoms with E-state index in [0.29, 0.717) is 0 Å². The fourth-order valence-corrected chi connectivity index (χ4v) is 4.50. The zero-order chi connectivity index (χ0) is 12.2. The summed E-state index contributed by atoms with van der Waals surface area (Å²) in [7, 11) is 0. The van der Waals surface area contributed by atoms with Gasteiger partial charge in [0.1, 0.15) is 0 Å². The van der Waals surface area contributed by atoms with E-state index in [-0.39, 0.29) is 0 Å². The molecular weight excluding hydrogens is 220 g/mol. The molecule has 18 heavy (non-hydrogen) atoms. The highest BCUT2D eigenvalue weighted by Crippen LogP contribution is 2.35. The van der Waals surface area contributed by atoms with Crippen molar-refractivity contribution < 1.29 is 0 Å². The molecule has 0 aromatic carbocycles. The summed E-state index contributed by atoms with van der Waals surface area (Å²) in [4.78, 5) is 2.85. The van der Waals surface area contributed by atoms with Crippen molar-refractivity contribution in [2.45, 2.75) is 76.3 Å². The predicted octanol–water partition coefficient (Wildman–Crippen LogP) is 3.17. The largest absolute Gasteiger partial charge is 0.314 e. The lowest BCUT2D eigenvalue weighted by atomic mass is 9.78. The topological polar surface area (TPSA) is 15.3 Å². The molecule has 2 saturated heterocycles. The Bertz CT molecular complexity index is 245. The number of rotatable bonds is 3. The fourth-order valence-electron chi connectivity index (χ4n) is 4.50. The summed E-state index contributed by atoms with van der Waals surface area (Å²) in [6, 6.07) is 1.78. The van der Waals surface area contributed by atoms with Crippen molar-refractivity contribution in [1.82, 2.24) is 10.2 Å². The van der Waals surface area contributed by atoms with E-state index in [9.17, 15) is 0 Å². The Hall–Kier alpha value is -0.0800. The summed E-state index contributed by atoms with van der Waals surface area (Å²) in [5.74, 6) is 1.05. The Kier molecular flexibility index (Phi) is 4.58. The lowest BCUT2D eigenvalue weighted by Gasteiger charge is -2.44. The highest BCUT2D eigenvalue weighted by molar-refractivity contribution is 4.88. The minimum Gasteiger partial charge on any atom is -0.314 e. The van der Waals surface area contributed by atoms with Crippen LogP contribution in [0, 0.1) is 5.92 Å². The van der Waals surface area contributed by atoms with Crippen molar-refractivity contribution >= 4 is 0 Å². The van der Waals surface area contributed by atoms with Crippen LogP contribution in [0.2, 0.25) is 0 Å². The van der Waals surface area contributed by atoms with Crippen LogP contribution in [0.5, 0.6) is 0 Å². The smallest absolute Gasteiger partial charge is 0.0123 e. The summed E-state index contributed by atoms with van der Waals surface area (Å²) in [6.45, 7) is 4.00. The first-order valence-electron chi connectivity index (χ1n) is 8.41. The Morgan fingerprint density at radius 3 is 2.61 bits per heavy atom. The lowest BCUT2D eigenvalue weighted by Crippen LogP contribution is -2.48. The fraction of sp³-hybridized carbons (Fsp3) is 1.00. The van der Waals surface area contributed by atoms with Gasteiger partial charge in [0, 0.05) is 12.1 Å². The molecule has 2 nitrogen and oxygen atoms in total. The van der Waals surface area contributed by atoms with Crippen LogP contribution in [0.1, 0.15) is 64.2 Å². The van der Waals surface area contributed by atoms with Gasteiger partial charge in [0.25, 0.3) is 0 Å². The molecule has 0 spiro atoms. The molecule has 1 N–H and O–H groups in total. The van der Waals surface area contributed by atoms with E-state index in [1.807, 2.05) is 0 Å². The van der Waals surface area contributed by atoms with E-state index < -0.39 is 0 Å². The molecule has 0 aromatic rings. The quantitative estimate of drug-likeness (QED) is 0.827. The van der Waals surface area contributed by atoms with E-state index in [1.165, 1.54) is 83.8 Å². The van der Waals surface area contributed by atoms with Crippen molar-refractivity contribution in [2.75, 3.05) is 19.6 Å². The van der Waals surface area contributed by atoms with Crippen LogP contribution >= 0.6 is 0 Å². The van der Waals surface area contributed by atoms with Gasteiger partial charge in [-0.15, -0.1) is 0 Å². The molecular formula is C16H30N2. The first kappa shape index (κ1) is 12.9. The second-order valence-electron chi connectivity index (χ2n) is 6.73. The molecule has 3 rings (SSSR count). The number of nitrogens with one attached hydrogen (secondary N) is 1. The molecule has 3 unspecified atom stereocenters. The average molecular weight is 250 g/mol. The summed E-state index contributed by atoms with van der Waals surface area (Å²) >= 11 is 0. The zero-order valence-electron chi connectivity index (χ0n) is 11.9. The van der Waals surface area contributed by atoms with E-state index in [1.54, 1.807) is 0 Å². The standard InChI is InChI=1S/C16H30N2/c1-2-9-16-14(6-1)7-5-12-18(16)13-10-15-8-3-4-11-17-15/h14-17H,1-13H2. The second kappa shape index (κ2) is 6.38. The van der Waals surface area contributed by atoms with Gasteiger partial charge in [0.05, 0.1) is 0 Å². The molecule has 0 aromatic heterocycles. The maximum Gasteiger partial charge on any atom is 0.0123 e. The normalized spacial score (nSPS) is 38.3. The van der Waals surface area contributed by atoms with Crippen LogP contribution < -0.4 is 5.32 Å². The second-order valence-corrected chi connectivity index (χ2v) is 6.73. The van der Waals surface area contributed by atoms with Crippen molar-refractivity contribution in [3.8, 4) is 0 Å². The van der Waals surface area contributed by atoms with Crippen LogP contribution in [-0.2, 0) is 0 Å². The highest BCUT2D eigenvalue weighted by atomic mass is 15.2. The van der Waals surface area contributed by atoms with Gasteiger partial charge in [-0.25, -0.2) is 0 Å². The first-order valence-corrected chi connectivity index (χ1v) is 8.41. The van der Waals surface area contributed by atoms with Gasteiger partial charge in [0.15, 0.2) is 0 Å². The SMILES string of the molecule is C1CCC(CCN2CCCC3CCCCC32)NC1. The molecule has 3 aliphatic rings. The number of fused-ring (bicyclic) bond motifs is 1. The van der Waals surface area contributed by atoms with Gasteiger partial charge in [-0.3, -0.25) is 0 Å². The number of hydrogen-bond acceptors (Lipinski definition) is 2.